The van der Waals surface area contributed by atoms with Crippen LogP contribution >= 0.6 is 0 Å². The summed E-state index contributed by atoms with van der Waals surface area (Å²) in [7, 11) is 0. The second kappa shape index (κ2) is 8.89. The van der Waals surface area contributed by atoms with Crippen LogP contribution in [0, 0.1) is 16.0 Å². The lowest BCUT2D eigenvalue weighted by Gasteiger charge is -2.26. The number of hydrogen-bond acceptors (Lipinski definition) is 5. The molecule has 0 aliphatic heterocycles. The lowest BCUT2D eigenvalue weighted by molar-refractivity contribution is -0.523. The number of carbonyl (C=O) groups is 2. The zero-order chi connectivity index (χ0) is 19.1. The fourth-order valence-corrected chi connectivity index (χ4v) is 2.99. The van der Waals surface area contributed by atoms with Gasteiger partial charge in [0, 0.05) is 17.4 Å². The second-order valence-electron chi connectivity index (χ2n) is 5.92. The number of ketones is 1. The van der Waals surface area contributed by atoms with E-state index >= 15 is 0 Å². The van der Waals surface area contributed by atoms with Gasteiger partial charge in [0.2, 0.25) is 6.04 Å². The molecule has 0 bridgehead atoms. The Morgan fingerprint density at radius 1 is 1.04 bits per heavy atom. The highest BCUT2D eigenvalue weighted by Crippen LogP contribution is 2.33. The average Bonchev–Trinajstić information content (AvgIpc) is 2.66. The van der Waals surface area contributed by atoms with Gasteiger partial charge in [-0.25, -0.2) is 0 Å². The highest BCUT2D eigenvalue weighted by molar-refractivity contribution is 6.09. The Kier molecular flexibility index (Phi) is 6.60. The quantitative estimate of drug-likeness (QED) is 0.238. The van der Waals surface area contributed by atoms with Crippen molar-refractivity contribution in [3.05, 3.63) is 81.9 Å². The smallest absolute Gasteiger partial charge is 0.317 e. The molecule has 0 aliphatic rings. The highest BCUT2D eigenvalue weighted by atomic mass is 16.6. The molecule has 0 saturated heterocycles. The molecular weight excluding hydrogens is 334 g/mol. The maximum Gasteiger partial charge on any atom is 0.317 e. The fraction of sp³-hybridized carbons (Fsp3) is 0.300. The number of nitrogens with zero attached hydrogens (tertiary/aromatic N) is 1. The van der Waals surface area contributed by atoms with Gasteiger partial charge >= 0.3 is 5.97 Å². The Balaban J connectivity index is 2.56. The van der Waals surface area contributed by atoms with Gasteiger partial charge < -0.3 is 4.74 Å². The van der Waals surface area contributed by atoms with E-state index < -0.39 is 34.6 Å². The molecule has 6 nitrogen and oxygen atoms in total. The molecule has 2 rings (SSSR count). The summed E-state index contributed by atoms with van der Waals surface area (Å²) in [4.78, 5) is 36.7. The molecule has 0 spiro atoms. The van der Waals surface area contributed by atoms with Crippen molar-refractivity contribution in [1.29, 1.82) is 0 Å². The van der Waals surface area contributed by atoms with E-state index in [1.165, 1.54) is 6.92 Å². The Morgan fingerprint density at radius 2 is 1.58 bits per heavy atom. The van der Waals surface area contributed by atoms with Gasteiger partial charge in [0.15, 0.2) is 5.78 Å². The molecule has 0 amide bonds. The number of benzene rings is 2. The molecule has 3 atom stereocenters. The van der Waals surface area contributed by atoms with Gasteiger partial charge in [0.1, 0.15) is 5.92 Å². The first-order valence-corrected chi connectivity index (χ1v) is 8.41. The number of rotatable bonds is 8. The van der Waals surface area contributed by atoms with Gasteiger partial charge in [0.05, 0.1) is 12.5 Å². The van der Waals surface area contributed by atoms with Crippen LogP contribution in [0.3, 0.4) is 0 Å². The second-order valence-corrected chi connectivity index (χ2v) is 5.92. The number of Topliss-reactive ketones (excluding diaryl/α,β-unsaturated/α-hetero) is 1. The normalized spacial score (nSPS) is 14.1. The van der Waals surface area contributed by atoms with Crippen LogP contribution in [0.1, 0.15) is 35.7 Å². The molecule has 136 valence electrons. The summed E-state index contributed by atoms with van der Waals surface area (Å²) < 4.78 is 5.10. The minimum atomic E-state index is -1.29. The van der Waals surface area contributed by atoms with Crippen LogP contribution in [0.25, 0.3) is 0 Å². The standard InChI is InChI=1S/C20H21NO5/c1-3-26-20(23)18(19(22)16-12-8-5-9-13-16)17(14(2)21(24)25)15-10-6-4-7-11-15/h4-14,17-18H,3H2,1-2H3/t14-,17-,18+/m1/s1. The minimum absolute atomic E-state index is 0.0890. The summed E-state index contributed by atoms with van der Waals surface area (Å²) in [6.45, 7) is 3.13. The number of hydrogen-bond donors (Lipinski definition) is 0. The van der Waals surface area contributed by atoms with Crippen molar-refractivity contribution in [3.63, 3.8) is 0 Å². The summed E-state index contributed by atoms with van der Waals surface area (Å²) in [6.07, 6.45) is 0. The SMILES string of the molecule is CCOC(=O)[C@H](C(=O)c1ccccc1)[C@@H](c1ccccc1)[C@@H](C)[N+](=O)[O-]. The van der Waals surface area contributed by atoms with Crippen LogP contribution in [-0.2, 0) is 9.53 Å². The first-order valence-electron chi connectivity index (χ1n) is 8.41. The zero-order valence-corrected chi connectivity index (χ0v) is 14.7. The first-order chi connectivity index (χ1) is 12.5. The Hall–Kier alpha value is -3.02. The third-order valence-electron chi connectivity index (χ3n) is 4.28. The summed E-state index contributed by atoms with van der Waals surface area (Å²) in [5.41, 5.74) is 0.876. The van der Waals surface area contributed by atoms with E-state index in [1.54, 1.807) is 67.6 Å². The molecule has 2 aromatic carbocycles. The van der Waals surface area contributed by atoms with Gasteiger partial charge in [-0.15, -0.1) is 0 Å². The van der Waals surface area contributed by atoms with Crippen molar-refractivity contribution < 1.29 is 19.2 Å². The number of ether oxygens (including phenoxy) is 1. The van der Waals surface area contributed by atoms with E-state index in [0.29, 0.717) is 11.1 Å². The van der Waals surface area contributed by atoms with Gasteiger partial charge in [-0.2, -0.15) is 0 Å². The molecule has 6 heteroatoms. The van der Waals surface area contributed by atoms with E-state index in [4.69, 9.17) is 4.74 Å². The zero-order valence-electron chi connectivity index (χ0n) is 14.7. The van der Waals surface area contributed by atoms with Crippen molar-refractivity contribution >= 4 is 11.8 Å². The number of esters is 1. The predicted molar refractivity (Wildman–Crippen MR) is 96.5 cm³/mol. The van der Waals surface area contributed by atoms with Crippen molar-refractivity contribution in [3.8, 4) is 0 Å². The van der Waals surface area contributed by atoms with Crippen LogP contribution in [0.4, 0.5) is 0 Å². The summed E-state index contributed by atoms with van der Waals surface area (Å²) in [6, 6.07) is 15.8. The number of carbonyl (C=O) groups excluding carboxylic acids is 2. The minimum Gasteiger partial charge on any atom is -0.465 e. The first kappa shape index (κ1) is 19.3. The summed E-state index contributed by atoms with van der Waals surface area (Å²) in [5, 5.41) is 11.5. The topological polar surface area (TPSA) is 86.5 Å². The maximum atomic E-state index is 13.1. The monoisotopic (exact) mass is 355 g/mol. The molecule has 0 heterocycles. The van der Waals surface area contributed by atoms with E-state index in [1.807, 2.05) is 0 Å². The molecule has 0 radical (unpaired) electrons. The van der Waals surface area contributed by atoms with E-state index in [2.05, 4.69) is 0 Å². The van der Waals surface area contributed by atoms with Gasteiger partial charge in [-0.05, 0) is 12.5 Å². The van der Waals surface area contributed by atoms with Crippen molar-refractivity contribution in [2.24, 2.45) is 5.92 Å². The fourth-order valence-electron chi connectivity index (χ4n) is 2.99. The summed E-state index contributed by atoms with van der Waals surface area (Å²) in [5.74, 6) is -3.45. The predicted octanol–water partition coefficient (Wildman–Crippen LogP) is 3.50. The van der Waals surface area contributed by atoms with Gasteiger partial charge in [0.25, 0.3) is 0 Å². The molecule has 0 aromatic heterocycles. The molecular formula is C20H21NO5. The highest BCUT2D eigenvalue weighted by Gasteiger charge is 2.44. The van der Waals surface area contributed by atoms with Crippen LogP contribution < -0.4 is 0 Å². The molecule has 2 aromatic rings. The van der Waals surface area contributed by atoms with Crippen LogP contribution in [0.15, 0.2) is 60.7 Å². The maximum absolute atomic E-state index is 13.1. The van der Waals surface area contributed by atoms with Crippen molar-refractivity contribution in [2.45, 2.75) is 25.8 Å². The van der Waals surface area contributed by atoms with Crippen molar-refractivity contribution in [2.75, 3.05) is 6.61 Å². The third-order valence-corrected chi connectivity index (χ3v) is 4.28. The molecule has 0 unspecified atom stereocenters. The van der Waals surface area contributed by atoms with E-state index in [9.17, 15) is 19.7 Å². The van der Waals surface area contributed by atoms with Crippen LogP contribution in [0.2, 0.25) is 0 Å². The average molecular weight is 355 g/mol. The number of nitro groups is 1. The Labute approximate surface area is 151 Å². The van der Waals surface area contributed by atoms with E-state index in [-0.39, 0.29) is 6.61 Å². The van der Waals surface area contributed by atoms with Crippen LogP contribution in [-0.4, -0.2) is 29.3 Å². The Morgan fingerprint density at radius 3 is 2.08 bits per heavy atom. The molecule has 0 fully saturated rings. The Bertz CT molecular complexity index is 760. The lowest BCUT2D eigenvalue weighted by atomic mass is 9.77. The van der Waals surface area contributed by atoms with Crippen molar-refractivity contribution in [1.82, 2.24) is 0 Å². The molecule has 26 heavy (non-hydrogen) atoms. The molecule has 0 aliphatic carbocycles. The van der Waals surface area contributed by atoms with Crippen LogP contribution in [0.5, 0.6) is 0 Å². The van der Waals surface area contributed by atoms with E-state index in [0.717, 1.165) is 0 Å². The summed E-state index contributed by atoms with van der Waals surface area (Å²) >= 11 is 0. The molecule has 0 N–H and O–H groups in total. The lowest BCUT2D eigenvalue weighted by Crippen LogP contribution is -2.39. The van der Waals surface area contributed by atoms with Gasteiger partial charge in [-0.1, -0.05) is 60.7 Å². The largest absolute Gasteiger partial charge is 0.465 e. The molecule has 0 saturated carbocycles. The third kappa shape index (κ3) is 4.33. The van der Waals surface area contributed by atoms with Gasteiger partial charge in [-0.3, -0.25) is 19.7 Å².